The molecule has 3 rings (SSSR count). The van der Waals surface area contributed by atoms with Crippen molar-refractivity contribution in [1.82, 2.24) is 4.90 Å². The molecule has 90 valence electrons. The fraction of sp³-hybridized carbons (Fsp3) is 0.500. The molecule has 1 aliphatic heterocycles. The summed E-state index contributed by atoms with van der Waals surface area (Å²) in [6, 6.07) is 8.16. The Hall–Kier alpha value is -1.51. The number of benzene rings is 1. The number of anilines is 1. The second kappa shape index (κ2) is 4.06. The van der Waals surface area contributed by atoms with Crippen molar-refractivity contribution in [3.05, 3.63) is 29.8 Å². The van der Waals surface area contributed by atoms with Crippen molar-refractivity contribution in [1.29, 1.82) is 0 Å². The lowest BCUT2D eigenvalue weighted by atomic mass is 10.1. The molecule has 1 saturated carbocycles. The van der Waals surface area contributed by atoms with E-state index >= 15 is 0 Å². The van der Waals surface area contributed by atoms with Gasteiger partial charge < -0.3 is 10.6 Å². The summed E-state index contributed by atoms with van der Waals surface area (Å²) in [5.74, 6) is 1.03. The van der Waals surface area contributed by atoms with Crippen LogP contribution in [0.3, 0.4) is 0 Å². The molecule has 2 unspecified atom stereocenters. The minimum Gasteiger partial charge on any atom is -0.399 e. The summed E-state index contributed by atoms with van der Waals surface area (Å²) >= 11 is 0. The van der Waals surface area contributed by atoms with Crippen LogP contribution in [0.5, 0.6) is 0 Å². The van der Waals surface area contributed by atoms with Crippen LogP contribution in [0.25, 0.3) is 0 Å². The lowest BCUT2D eigenvalue weighted by Crippen LogP contribution is -2.38. The maximum absolute atomic E-state index is 12.2. The van der Waals surface area contributed by atoms with Crippen molar-refractivity contribution in [2.24, 2.45) is 5.92 Å². The smallest absolute Gasteiger partial charge is 0.227 e. The molecule has 0 radical (unpaired) electrons. The summed E-state index contributed by atoms with van der Waals surface area (Å²) in [7, 11) is 0. The average molecular weight is 230 g/mol. The molecule has 2 N–H and O–H groups in total. The van der Waals surface area contributed by atoms with Crippen LogP contribution in [-0.4, -0.2) is 23.4 Å². The van der Waals surface area contributed by atoms with Crippen LogP contribution in [0.4, 0.5) is 5.69 Å². The van der Waals surface area contributed by atoms with Crippen molar-refractivity contribution in [2.45, 2.75) is 31.7 Å². The molecule has 1 heterocycles. The van der Waals surface area contributed by atoms with E-state index in [0.29, 0.717) is 12.5 Å². The normalized spacial score (nSPS) is 26.5. The van der Waals surface area contributed by atoms with Crippen LogP contribution in [0.1, 0.15) is 24.8 Å². The largest absolute Gasteiger partial charge is 0.399 e. The van der Waals surface area contributed by atoms with Crippen molar-refractivity contribution in [3.63, 3.8) is 0 Å². The zero-order valence-corrected chi connectivity index (χ0v) is 9.93. The molecule has 0 spiro atoms. The van der Waals surface area contributed by atoms with Crippen molar-refractivity contribution in [3.8, 4) is 0 Å². The highest BCUT2D eigenvalue weighted by Crippen LogP contribution is 2.37. The highest BCUT2D eigenvalue weighted by molar-refractivity contribution is 5.79. The molecule has 2 bridgehead atoms. The standard InChI is InChI=1S/C14H18N2O/c15-12-3-1-2-10(6-12)8-14(17)16-9-11-4-5-13(16)7-11/h1-3,6,11,13H,4-5,7-9,15H2. The Bertz CT molecular complexity index is 444. The van der Waals surface area contributed by atoms with E-state index in [0.717, 1.165) is 23.7 Å². The van der Waals surface area contributed by atoms with E-state index < -0.39 is 0 Å². The van der Waals surface area contributed by atoms with Gasteiger partial charge in [0.15, 0.2) is 0 Å². The number of hydrogen-bond donors (Lipinski definition) is 1. The van der Waals surface area contributed by atoms with Crippen LogP contribution < -0.4 is 5.73 Å². The van der Waals surface area contributed by atoms with E-state index in [9.17, 15) is 4.79 Å². The molecule has 2 atom stereocenters. The first-order chi connectivity index (χ1) is 8.22. The monoisotopic (exact) mass is 230 g/mol. The van der Waals surface area contributed by atoms with E-state index in [1.54, 1.807) is 0 Å². The van der Waals surface area contributed by atoms with Crippen LogP contribution in [0.15, 0.2) is 24.3 Å². The summed E-state index contributed by atoms with van der Waals surface area (Å²) in [5, 5.41) is 0. The third-order valence-corrected chi connectivity index (χ3v) is 4.04. The van der Waals surface area contributed by atoms with E-state index in [1.807, 2.05) is 24.3 Å². The summed E-state index contributed by atoms with van der Waals surface area (Å²) in [4.78, 5) is 14.3. The summed E-state index contributed by atoms with van der Waals surface area (Å²) in [6.07, 6.45) is 4.23. The fourth-order valence-electron chi connectivity index (χ4n) is 3.21. The number of hydrogen-bond acceptors (Lipinski definition) is 2. The number of rotatable bonds is 2. The minimum atomic E-state index is 0.266. The molecule has 3 heteroatoms. The number of nitrogen functional groups attached to an aromatic ring is 1. The molecule has 1 amide bonds. The second-order valence-corrected chi connectivity index (χ2v) is 5.30. The van der Waals surface area contributed by atoms with Gasteiger partial charge in [-0.3, -0.25) is 4.79 Å². The number of carbonyl (C=O) groups excluding carboxylic acids is 1. The molecular weight excluding hydrogens is 212 g/mol. The predicted octanol–water partition coefficient (Wildman–Crippen LogP) is 1.82. The number of nitrogens with two attached hydrogens (primary N) is 1. The maximum atomic E-state index is 12.2. The van der Waals surface area contributed by atoms with Crippen molar-refractivity contribution >= 4 is 11.6 Å². The van der Waals surface area contributed by atoms with Crippen LogP contribution in [0, 0.1) is 5.92 Å². The van der Waals surface area contributed by atoms with Gasteiger partial charge in [0, 0.05) is 18.3 Å². The quantitative estimate of drug-likeness (QED) is 0.788. The number of amides is 1. The summed E-state index contributed by atoms with van der Waals surface area (Å²) in [5.41, 5.74) is 7.48. The van der Waals surface area contributed by atoms with Gasteiger partial charge in [0.05, 0.1) is 6.42 Å². The average Bonchev–Trinajstić information content (AvgIpc) is 2.90. The second-order valence-electron chi connectivity index (χ2n) is 5.30. The number of carbonyl (C=O) groups is 1. The number of fused-ring (bicyclic) bond motifs is 2. The highest BCUT2D eigenvalue weighted by Gasteiger charge is 2.39. The molecular formula is C14H18N2O. The van der Waals surface area contributed by atoms with Crippen LogP contribution in [-0.2, 0) is 11.2 Å². The van der Waals surface area contributed by atoms with Crippen molar-refractivity contribution in [2.75, 3.05) is 12.3 Å². The molecule has 0 aromatic heterocycles. The SMILES string of the molecule is Nc1cccc(CC(=O)N2CC3CCC2C3)c1. The van der Waals surface area contributed by atoms with Gasteiger partial charge in [-0.15, -0.1) is 0 Å². The van der Waals surface area contributed by atoms with Gasteiger partial charge in [0.2, 0.25) is 5.91 Å². The Morgan fingerprint density at radius 2 is 2.29 bits per heavy atom. The third-order valence-electron chi connectivity index (χ3n) is 4.04. The fourth-order valence-corrected chi connectivity index (χ4v) is 3.21. The molecule has 1 aromatic carbocycles. The molecule has 1 aliphatic carbocycles. The molecule has 2 aliphatic rings. The third kappa shape index (κ3) is 2.02. The van der Waals surface area contributed by atoms with Gasteiger partial charge in [-0.1, -0.05) is 12.1 Å². The number of nitrogens with zero attached hydrogens (tertiary/aromatic N) is 1. The van der Waals surface area contributed by atoms with Gasteiger partial charge >= 0.3 is 0 Å². The van der Waals surface area contributed by atoms with Crippen LogP contribution >= 0.6 is 0 Å². The number of piperidine rings is 1. The van der Waals surface area contributed by atoms with Crippen LogP contribution in [0.2, 0.25) is 0 Å². The van der Waals surface area contributed by atoms with E-state index in [4.69, 9.17) is 5.73 Å². The summed E-state index contributed by atoms with van der Waals surface area (Å²) < 4.78 is 0. The predicted molar refractivity (Wildman–Crippen MR) is 67.4 cm³/mol. The van der Waals surface area contributed by atoms with Gasteiger partial charge in [0.25, 0.3) is 0 Å². The Labute approximate surface area is 102 Å². The lowest BCUT2D eigenvalue weighted by Gasteiger charge is -2.27. The van der Waals surface area contributed by atoms with Crippen molar-refractivity contribution < 1.29 is 4.79 Å². The first kappa shape index (κ1) is 10.6. The first-order valence-corrected chi connectivity index (χ1v) is 6.36. The van der Waals surface area contributed by atoms with Gasteiger partial charge in [-0.05, 0) is 42.9 Å². The van der Waals surface area contributed by atoms with Gasteiger partial charge in [-0.2, -0.15) is 0 Å². The lowest BCUT2D eigenvalue weighted by molar-refractivity contribution is -0.132. The van der Waals surface area contributed by atoms with Gasteiger partial charge in [-0.25, -0.2) is 0 Å². The van der Waals surface area contributed by atoms with E-state index in [-0.39, 0.29) is 5.91 Å². The number of likely N-dealkylation sites (tertiary alicyclic amines) is 1. The molecule has 1 aromatic rings. The zero-order valence-electron chi connectivity index (χ0n) is 9.93. The Balaban J connectivity index is 1.68. The minimum absolute atomic E-state index is 0.266. The van der Waals surface area contributed by atoms with E-state index in [2.05, 4.69) is 4.90 Å². The maximum Gasteiger partial charge on any atom is 0.227 e. The molecule has 3 nitrogen and oxygen atoms in total. The molecule has 2 fully saturated rings. The Kier molecular flexibility index (Phi) is 2.54. The summed E-state index contributed by atoms with van der Waals surface area (Å²) in [6.45, 7) is 0.978. The Morgan fingerprint density at radius 3 is 2.94 bits per heavy atom. The first-order valence-electron chi connectivity index (χ1n) is 6.36. The topological polar surface area (TPSA) is 46.3 Å². The Morgan fingerprint density at radius 1 is 1.41 bits per heavy atom. The zero-order chi connectivity index (χ0) is 11.8. The van der Waals surface area contributed by atoms with Gasteiger partial charge in [0.1, 0.15) is 0 Å². The highest BCUT2D eigenvalue weighted by atomic mass is 16.2. The van der Waals surface area contributed by atoms with E-state index in [1.165, 1.54) is 19.3 Å². The molecule has 1 saturated heterocycles. The molecule has 17 heavy (non-hydrogen) atoms.